The van der Waals surface area contributed by atoms with Crippen LogP contribution in [0.3, 0.4) is 0 Å². The van der Waals surface area contributed by atoms with Gasteiger partial charge in [-0.25, -0.2) is 13.1 Å². The zero-order valence-corrected chi connectivity index (χ0v) is 20.4. The highest BCUT2D eigenvalue weighted by Crippen LogP contribution is 2.21. The van der Waals surface area contributed by atoms with Crippen molar-refractivity contribution in [1.82, 2.24) is 20.0 Å². The molecule has 0 saturated heterocycles. The summed E-state index contributed by atoms with van der Waals surface area (Å²) >= 11 is 5.66. The van der Waals surface area contributed by atoms with Gasteiger partial charge in [-0.15, -0.1) is 10.2 Å². The average molecular weight is 528 g/mol. The van der Waals surface area contributed by atoms with Crippen molar-refractivity contribution in [2.75, 3.05) is 4.72 Å². The van der Waals surface area contributed by atoms with Gasteiger partial charge >= 0.3 is 0 Å². The Bertz CT molecular complexity index is 1630. The summed E-state index contributed by atoms with van der Waals surface area (Å²) in [5.41, 5.74) is 1.67. The lowest BCUT2D eigenvalue weighted by molar-refractivity contribution is -0.384. The predicted molar refractivity (Wildman–Crippen MR) is 134 cm³/mol. The van der Waals surface area contributed by atoms with Crippen LogP contribution in [-0.4, -0.2) is 39.0 Å². The molecule has 2 aromatic heterocycles. The number of H-pyrrole nitrogens is 1. The Morgan fingerprint density at radius 2 is 1.75 bits per heavy atom. The van der Waals surface area contributed by atoms with Crippen molar-refractivity contribution in [3.63, 3.8) is 0 Å². The summed E-state index contributed by atoms with van der Waals surface area (Å²) in [5.74, 6) is 0.0181. The minimum absolute atomic E-state index is 0.0181. The molecule has 0 radical (unpaired) electrons. The molecule has 184 valence electrons. The van der Waals surface area contributed by atoms with E-state index >= 15 is 0 Å². The van der Waals surface area contributed by atoms with E-state index in [4.69, 9.17) is 11.6 Å². The van der Waals surface area contributed by atoms with E-state index in [0.29, 0.717) is 28.3 Å². The third-order valence-electron chi connectivity index (χ3n) is 5.07. The quantitative estimate of drug-likeness (QED) is 0.209. The number of nitro groups is 1. The largest absolute Gasteiger partial charge is 0.295 e. The minimum atomic E-state index is -3.92. The number of aromatic amines is 1. The van der Waals surface area contributed by atoms with E-state index in [0.717, 1.165) is 0 Å². The Morgan fingerprint density at radius 1 is 1.08 bits per heavy atom. The molecule has 0 spiro atoms. The zero-order valence-electron chi connectivity index (χ0n) is 18.8. The highest BCUT2D eigenvalue weighted by Gasteiger charge is 2.17. The van der Waals surface area contributed by atoms with Crippen LogP contribution in [0, 0.1) is 17.0 Å². The smallest absolute Gasteiger partial charge is 0.280 e. The van der Waals surface area contributed by atoms with E-state index in [1.165, 1.54) is 65.3 Å². The fourth-order valence-electron chi connectivity index (χ4n) is 3.39. The topological polar surface area (TPSA) is 165 Å². The van der Waals surface area contributed by atoms with Crippen LogP contribution in [0.5, 0.6) is 0 Å². The lowest BCUT2D eigenvalue weighted by Crippen LogP contribution is -2.19. The van der Waals surface area contributed by atoms with Gasteiger partial charge in [-0.2, -0.15) is 0 Å². The van der Waals surface area contributed by atoms with E-state index in [-0.39, 0.29) is 27.1 Å². The molecule has 0 amide bonds. The first kappa shape index (κ1) is 24.8. The van der Waals surface area contributed by atoms with Gasteiger partial charge in [0.25, 0.3) is 21.3 Å². The molecule has 0 aliphatic heterocycles. The molecule has 0 atom stereocenters. The minimum Gasteiger partial charge on any atom is -0.295 e. The molecule has 4 aromatic rings. The summed E-state index contributed by atoms with van der Waals surface area (Å²) in [4.78, 5) is 27.8. The van der Waals surface area contributed by atoms with Crippen LogP contribution in [-0.2, 0) is 10.0 Å². The molecule has 2 heterocycles. The van der Waals surface area contributed by atoms with E-state index in [2.05, 4.69) is 25.0 Å². The fourth-order valence-corrected chi connectivity index (χ4v) is 4.49. The Hall–Kier alpha value is -4.36. The average Bonchev–Trinajstić information content (AvgIpc) is 3.14. The number of nitro benzene ring substituents is 1. The summed E-state index contributed by atoms with van der Waals surface area (Å²) in [6.45, 7) is 3.36. The number of halogens is 1. The molecule has 0 fully saturated rings. The number of hydrogen-bond acceptors (Lipinski definition) is 8. The molecule has 0 aliphatic rings. The molecular formula is C22H18ClN7O5S. The van der Waals surface area contributed by atoms with Gasteiger partial charge in [-0.3, -0.25) is 29.7 Å². The standard InChI is InChI=1S/C22H18ClN7O5S/c1-13(21-14(2)27-29(22(21)31)16-5-7-17(8-6-16)30(32)33)24-15-3-9-18(10-4-15)36(34,35)28-20-12-11-19(23)25-26-20/h3-12,27H,1-2H3,(H,26,28). The molecule has 4 rings (SSSR count). The monoisotopic (exact) mass is 527 g/mol. The van der Waals surface area contributed by atoms with E-state index in [9.17, 15) is 23.3 Å². The Morgan fingerprint density at radius 3 is 2.33 bits per heavy atom. The number of benzene rings is 2. The zero-order chi connectivity index (χ0) is 26.0. The van der Waals surface area contributed by atoms with Crippen LogP contribution < -0.4 is 10.3 Å². The van der Waals surface area contributed by atoms with Crippen LogP contribution in [0.15, 0.2) is 75.3 Å². The van der Waals surface area contributed by atoms with Crippen LogP contribution in [0.25, 0.3) is 5.69 Å². The molecule has 14 heteroatoms. The second-order valence-electron chi connectivity index (χ2n) is 7.56. The molecule has 0 aliphatic carbocycles. The summed E-state index contributed by atoms with van der Waals surface area (Å²) in [5, 5.41) is 21.2. The maximum absolute atomic E-state index is 13.0. The summed E-state index contributed by atoms with van der Waals surface area (Å²) in [6.07, 6.45) is 0. The van der Waals surface area contributed by atoms with Gasteiger partial charge < -0.3 is 0 Å². The number of sulfonamides is 1. The second-order valence-corrected chi connectivity index (χ2v) is 9.63. The van der Waals surface area contributed by atoms with Crippen molar-refractivity contribution < 1.29 is 13.3 Å². The second kappa shape index (κ2) is 9.71. The summed E-state index contributed by atoms with van der Waals surface area (Å²) in [6, 6.07) is 14.1. The maximum Gasteiger partial charge on any atom is 0.280 e. The normalized spacial score (nSPS) is 11.9. The van der Waals surface area contributed by atoms with Crippen molar-refractivity contribution in [2.24, 2.45) is 4.99 Å². The number of non-ortho nitro benzene ring substituents is 1. The van der Waals surface area contributed by atoms with Gasteiger partial charge in [0.05, 0.1) is 32.5 Å². The van der Waals surface area contributed by atoms with Crippen molar-refractivity contribution in [3.05, 3.63) is 97.5 Å². The third-order valence-corrected chi connectivity index (χ3v) is 6.64. The van der Waals surface area contributed by atoms with Crippen LogP contribution in [0.2, 0.25) is 5.15 Å². The Balaban J connectivity index is 1.58. The summed E-state index contributed by atoms with van der Waals surface area (Å²) < 4.78 is 28.8. The predicted octanol–water partition coefficient (Wildman–Crippen LogP) is 3.77. The van der Waals surface area contributed by atoms with Gasteiger partial charge in [-0.05, 0) is 62.4 Å². The van der Waals surface area contributed by atoms with Crippen molar-refractivity contribution in [2.45, 2.75) is 18.7 Å². The Labute approximate surface area is 209 Å². The summed E-state index contributed by atoms with van der Waals surface area (Å²) in [7, 11) is -3.92. The molecule has 36 heavy (non-hydrogen) atoms. The van der Waals surface area contributed by atoms with Crippen LogP contribution in [0.4, 0.5) is 17.2 Å². The van der Waals surface area contributed by atoms with Crippen molar-refractivity contribution in [3.8, 4) is 5.69 Å². The van der Waals surface area contributed by atoms with Gasteiger partial charge in [0.2, 0.25) is 0 Å². The first-order valence-corrected chi connectivity index (χ1v) is 12.2. The van der Waals surface area contributed by atoms with Gasteiger partial charge in [0, 0.05) is 17.8 Å². The SMILES string of the molecule is CC(=Nc1ccc(S(=O)(=O)Nc2ccc(Cl)nn2)cc1)c1c(C)[nH]n(-c2ccc([N+](=O)[O-])cc2)c1=O. The Kier molecular flexibility index (Phi) is 6.68. The van der Waals surface area contributed by atoms with Gasteiger partial charge in [0.15, 0.2) is 11.0 Å². The van der Waals surface area contributed by atoms with Crippen LogP contribution in [0.1, 0.15) is 18.2 Å². The lowest BCUT2D eigenvalue weighted by atomic mass is 10.1. The van der Waals surface area contributed by atoms with Gasteiger partial charge in [0.1, 0.15) is 0 Å². The highest BCUT2D eigenvalue weighted by molar-refractivity contribution is 7.92. The van der Waals surface area contributed by atoms with Crippen LogP contribution >= 0.6 is 11.6 Å². The molecule has 2 aromatic carbocycles. The lowest BCUT2D eigenvalue weighted by Gasteiger charge is -2.07. The molecular weight excluding hydrogens is 510 g/mol. The third kappa shape index (κ3) is 5.16. The first-order chi connectivity index (χ1) is 17.0. The number of aliphatic imine (C=N–C) groups is 1. The number of nitrogens with one attached hydrogen (secondary N) is 2. The number of aromatic nitrogens is 4. The van der Waals surface area contributed by atoms with E-state index in [1.807, 2.05) is 0 Å². The highest BCUT2D eigenvalue weighted by atomic mass is 35.5. The molecule has 0 saturated carbocycles. The number of aryl methyl sites for hydroxylation is 1. The maximum atomic E-state index is 13.0. The number of rotatable bonds is 7. The molecule has 0 unspecified atom stereocenters. The van der Waals surface area contributed by atoms with Crippen molar-refractivity contribution in [1.29, 1.82) is 0 Å². The first-order valence-electron chi connectivity index (χ1n) is 10.3. The number of nitrogens with zero attached hydrogens (tertiary/aromatic N) is 5. The number of anilines is 1. The van der Waals surface area contributed by atoms with Gasteiger partial charge in [-0.1, -0.05) is 11.6 Å². The number of hydrogen-bond donors (Lipinski definition) is 2. The molecule has 0 bridgehead atoms. The molecule has 2 N–H and O–H groups in total. The fraction of sp³-hybridized carbons (Fsp3) is 0.0909. The van der Waals surface area contributed by atoms with Crippen molar-refractivity contribution >= 4 is 44.5 Å². The molecule has 12 nitrogen and oxygen atoms in total. The van der Waals surface area contributed by atoms with E-state index in [1.54, 1.807) is 13.8 Å². The van der Waals surface area contributed by atoms with E-state index < -0.39 is 14.9 Å².